The molecule has 0 amide bonds. The molecule has 1 aliphatic carbocycles. The minimum absolute atomic E-state index is 0.168. The number of Topliss-reactive ketones (excluding diaryl/α,β-unsaturated/α-hetero) is 1. The van der Waals surface area contributed by atoms with E-state index in [-0.39, 0.29) is 28.7 Å². The van der Waals surface area contributed by atoms with Gasteiger partial charge in [0.15, 0.2) is 0 Å². The number of hydrogen-bond acceptors (Lipinski definition) is 2. The maximum atomic E-state index is 13.8. The van der Waals surface area contributed by atoms with Gasteiger partial charge >= 0.3 is 0 Å². The average molecular weight is 346 g/mol. The van der Waals surface area contributed by atoms with Gasteiger partial charge in [0.05, 0.1) is 4.47 Å². The van der Waals surface area contributed by atoms with E-state index in [0.29, 0.717) is 0 Å². The first kappa shape index (κ1) is 15.6. The Morgan fingerprint density at radius 3 is 2.55 bits per heavy atom. The third-order valence-corrected chi connectivity index (χ3v) is 4.52. The van der Waals surface area contributed by atoms with Crippen molar-refractivity contribution in [1.82, 2.24) is 0 Å². The monoisotopic (exact) mass is 345 g/mol. The van der Waals surface area contributed by atoms with E-state index in [4.69, 9.17) is 5.73 Å². The smallest absolute Gasteiger partial charge is 0.143 e. The molecule has 1 aromatic rings. The lowest BCUT2D eigenvalue weighted by atomic mass is 9.78. The molecule has 110 valence electrons. The third kappa shape index (κ3) is 3.64. The zero-order chi connectivity index (χ0) is 14.8. The van der Waals surface area contributed by atoms with Crippen molar-refractivity contribution in [2.75, 3.05) is 0 Å². The van der Waals surface area contributed by atoms with Gasteiger partial charge in [0.1, 0.15) is 17.4 Å². The summed E-state index contributed by atoms with van der Waals surface area (Å²) >= 11 is 3.00. The van der Waals surface area contributed by atoms with Gasteiger partial charge in [-0.25, -0.2) is 8.78 Å². The van der Waals surface area contributed by atoms with Crippen molar-refractivity contribution < 1.29 is 13.6 Å². The van der Waals surface area contributed by atoms with Crippen molar-refractivity contribution in [3.8, 4) is 0 Å². The molecule has 5 heteroatoms. The zero-order valence-electron chi connectivity index (χ0n) is 11.2. The predicted molar refractivity (Wildman–Crippen MR) is 77.4 cm³/mol. The summed E-state index contributed by atoms with van der Waals surface area (Å²) < 4.78 is 27.6. The molecule has 0 heterocycles. The molecule has 0 spiro atoms. The Bertz CT molecular complexity index is 513. The number of rotatable bonds is 4. The van der Waals surface area contributed by atoms with Crippen LogP contribution >= 0.6 is 15.9 Å². The lowest BCUT2D eigenvalue weighted by Crippen LogP contribution is -2.43. The van der Waals surface area contributed by atoms with Gasteiger partial charge in [0, 0.05) is 23.9 Å². The summed E-state index contributed by atoms with van der Waals surface area (Å²) in [6.45, 7) is 0. The van der Waals surface area contributed by atoms with Crippen LogP contribution in [-0.4, -0.2) is 11.3 Å². The van der Waals surface area contributed by atoms with Gasteiger partial charge in [0.25, 0.3) is 0 Å². The van der Waals surface area contributed by atoms with Crippen LogP contribution in [0.3, 0.4) is 0 Å². The molecule has 0 radical (unpaired) electrons. The van der Waals surface area contributed by atoms with Crippen LogP contribution in [0.2, 0.25) is 0 Å². The Morgan fingerprint density at radius 2 is 1.90 bits per heavy atom. The molecule has 2 nitrogen and oxygen atoms in total. The van der Waals surface area contributed by atoms with Crippen LogP contribution < -0.4 is 5.73 Å². The molecule has 0 saturated heterocycles. The van der Waals surface area contributed by atoms with Crippen LogP contribution in [0.1, 0.15) is 44.1 Å². The van der Waals surface area contributed by atoms with Crippen molar-refractivity contribution in [3.05, 3.63) is 33.8 Å². The van der Waals surface area contributed by atoms with Gasteiger partial charge < -0.3 is 5.73 Å². The molecule has 1 aromatic carbocycles. The van der Waals surface area contributed by atoms with Crippen LogP contribution in [0, 0.1) is 11.6 Å². The maximum Gasteiger partial charge on any atom is 0.143 e. The zero-order valence-corrected chi connectivity index (χ0v) is 12.8. The van der Waals surface area contributed by atoms with Gasteiger partial charge in [-0.1, -0.05) is 19.3 Å². The summed E-state index contributed by atoms with van der Waals surface area (Å²) in [7, 11) is 0. The summed E-state index contributed by atoms with van der Waals surface area (Å²) in [5.74, 6) is -1.59. The highest BCUT2D eigenvalue weighted by Gasteiger charge is 2.30. The van der Waals surface area contributed by atoms with Crippen molar-refractivity contribution in [2.24, 2.45) is 5.73 Å². The highest BCUT2D eigenvalue weighted by Crippen LogP contribution is 2.30. The SMILES string of the molecule is NC1(CC(=O)Cc2c(F)ccc(Br)c2F)CCCCC1. The van der Waals surface area contributed by atoms with Crippen LogP contribution in [0.5, 0.6) is 0 Å². The number of halogens is 3. The standard InChI is InChI=1S/C15H18BrF2NO/c16-12-4-5-13(17)11(14(12)18)8-10(20)9-15(19)6-2-1-3-7-15/h4-5H,1-3,6-9,19H2. The second-order valence-corrected chi connectivity index (χ2v) is 6.49. The van der Waals surface area contributed by atoms with Crippen LogP contribution in [-0.2, 0) is 11.2 Å². The van der Waals surface area contributed by atoms with Crippen molar-refractivity contribution in [2.45, 2.75) is 50.5 Å². The van der Waals surface area contributed by atoms with E-state index in [1.54, 1.807) is 0 Å². The van der Waals surface area contributed by atoms with Gasteiger partial charge in [-0.05, 0) is 40.9 Å². The number of nitrogens with two attached hydrogens (primary N) is 1. The van der Waals surface area contributed by atoms with Crippen molar-refractivity contribution >= 4 is 21.7 Å². The van der Waals surface area contributed by atoms with E-state index in [1.165, 1.54) is 6.07 Å². The minimum atomic E-state index is -0.701. The molecule has 0 bridgehead atoms. The summed E-state index contributed by atoms with van der Waals surface area (Å²) in [6, 6.07) is 2.46. The number of hydrogen-bond donors (Lipinski definition) is 1. The maximum absolute atomic E-state index is 13.8. The van der Waals surface area contributed by atoms with Crippen molar-refractivity contribution in [3.63, 3.8) is 0 Å². The topological polar surface area (TPSA) is 43.1 Å². The summed E-state index contributed by atoms with van der Waals surface area (Å²) in [6.07, 6.45) is 4.74. The van der Waals surface area contributed by atoms with Gasteiger partial charge in [0.2, 0.25) is 0 Å². The lowest BCUT2D eigenvalue weighted by Gasteiger charge is -2.32. The average Bonchev–Trinajstić information content (AvgIpc) is 2.39. The van der Waals surface area contributed by atoms with Gasteiger partial charge in [-0.15, -0.1) is 0 Å². The van der Waals surface area contributed by atoms with E-state index < -0.39 is 17.2 Å². The first-order valence-corrected chi connectivity index (χ1v) is 7.63. The number of benzene rings is 1. The molecule has 1 fully saturated rings. The minimum Gasteiger partial charge on any atom is -0.325 e. The molecule has 0 aliphatic heterocycles. The molecule has 0 unspecified atom stereocenters. The third-order valence-electron chi connectivity index (χ3n) is 3.91. The molecule has 1 aliphatic rings. The second kappa shape index (κ2) is 6.31. The number of carbonyl (C=O) groups excluding carboxylic acids is 1. The lowest BCUT2D eigenvalue weighted by molar-refractivity contribution is -0.120. The first-order chi connectivity index (χ1) is 9.41. The van der Waals surface area contributed by atoms with E-state index in [2.05, 4.69) is 15.9 Å². The van der Waals surface area contributed by atoms with E-state index >= 15 is 0 Å². The van der Waals surface area contributed by atoms with Gasteiger partial charge in [-0.2, -0.15) is 0 Å². The Labute approximate surface area is 125 Å². The summed E-state index contributed by atoms with van der Waals surface area (Å²) in [4.78, 5) is 12.1. The first-order valence-electron chi connectivity index (χ1n) is 6.84. The quantitative estimate of drug-likeness (QED) is 0.841. The Morgan fingerprint density at radius 1 is 1.25 bits per heavy atom. The summed E-state index contributed by atoms with van der Waals surface area (Å²) in [5.41, 5.74) is 5.53. The fraction of sp³-hybridized carbons (Fsp3) is 0.533. The Kier molecular flexibility index (Phi) is 4.91. The van der Waals surface area contributed by atoms with Gasteiger partial charge in [-0.3, -0.25) is 4.79 Å². The molecule has 1 saturated carbocycles. The Hall–Kier alpha value is -0.810. The largest absolute Gasteiger partial charge is 0.325 e. The highest BCUT2D eigenvalue weighted by molar-refractivity contribution is 9.10. The Balaban J connectivity index is 2.07. The fourth-order valence-corrected chi connectivity index (χ4v) is 3.19. The summed E-state index contributed by atoms with van der Waals surface area (Å²) in [5, 5.41) is 0. The van der Waals surface area contributed by atoms with Crippen molar-refractivity contribution in [1.29, 1.82) is 0 Å². The highest BCUT2D eigenvalue weighted by atomic mass is 79.9. The number of carbonyl (C=O) groups is 1. The molecule has 0 aromatic heterocycles. The van der Waals surface area contributed by atoms with Crippen LogP contribution in [0.15, 0.2) is 16.6 Å². The normalized spacial score (nSPS) is 18.0. The van der Waals surface area contributed by atoms with Crippen LogP contribution in [0.4, 0.5) is 8.78 Å². The van der Waals surface area contributed by atoms with E-state index in [9.17, 15) is 13.6 Å². The second-order valence-electron chi connectivity index (χ2n) is 5.64. The molecular weight excluding hydrogens is 328 g/mol. The molecule has 2 rings (SSSR count). The molecular formula is C15H18BrF2NO. The van der Waals surface area contributed by atoms with E-state index in [1.807, 2.05) is 0 Å². The molecule has 20 heavy (non-hydrogen) atoms. The van der Waals surface area contributed by atoms with Crippen LogP contribution in [0.25, 0.3) is 0 Å². The fourth-order valence-electron chi connectivity index (χ4n) is 2.82. The predicted octanol–water partition coefficient (Wildman–Crippen LogP) is 3.89. The molecule has 2 N–H and O–H groups in total. The number of ketones is 1. The molecule has 0 atom stereocenters. The van der Waals surface area contributed by atoms with E-state index in [0.717, 1.165) is 38.2 Å².